The first-order valence-corrected chi connectivity index (χ1v) is 18.6. The predicted octanol–water partition coefficient (Wildman–Crippen LogP) is 4.85. The molecule has 56 heavy (non-hydrogen) atoms. The molecule has 4 aliphatic heterocycles. The van der Waals surface area contributed by atoms with Gasteiger partial charge in [0.1, 0.15) is 13.2 Å². The Bertz CT molecular complexity index is 1720. The zero-order chi connectivity index (χ0) is 41.4. The third-order valence-corrected chi connectivity index (χ3v) is 9.56. The minimum absolute atomic E-state index is 0.0829. The van der Waals surface area contributed by atoms with E-state index in [0.717, 1.165) is 12.0 Å². The highest BCUT2D eigenvalue weighted by Gasteiger charge is 2.44. The second kappa shape index (κ2) is 21.6. The molecule has 0 spiro atoms. The van der Waals surface area contributed by atoms with E-state index in [1.54, 1.807) is 37.8 Å². The monoisotopic (exact) mass is 794 g/mol. The van der Waals surface area contributed by atoms with Crippen molar-refractivity contribution in [1.82, 2.24) is 20.0 Å². The van der Waals surface area contributed by atoms with Crippen molar-refractivity contribution in [3.63, 3.8) is 0 Å². The molecule has 4 atom stereocenters. The number of aliphatic carboxylic acids is 1. The summed E-state index contributed by atoms with van der Waals surface area (Å²) in [5.41, 5.74) is 1.88. The second-order valence-electron chi connectivity index (χ2n) is 14.6. The summed E-state index contributed by atoms with van der Waals surface area (Å²) in [7, 11) is 0. The molecule has 4 aliphatic rings. The van der Waals surface area contributed by atoms with Crippen LogP contribution in [0.15, 0.2) is 86.0 Å². The Morgan fingerprint density at radius 1 is 0.804 bits per heavy atom. The van der Waals surface area contributed by atoms with Gasteiger partial charge in [-0.2, -0.15) is 0 Å². The first-order chi connectivity index (χ1) is 26.5. The maximum atomic E-state index is 12.8. The van der Waals surface area contributed by atoms with Crippen LogP contribution in [0.1, 0.15) is 44.7 Å². The zero-order valence-corrected chi connectivity index (χ0v) is 32.8. The maximum absolute atomic E-state index is 12.8. The molecule has 2 N–H and O–H groups in total. The van der Waals surface area contributed by atoms with Crippen LogP contribution in [0.2, 0.25) is 0 Å². The molecule has 6 rings (SSSR count). The van der Waals surface area contributed by atoms with Gasteiger partial charge in [0.15, 0.2) is 0 Å². The number of nitrogens with zero attached hydrogens (tertiary/aromatic N) is 3. The number of halogens is 1. The SMILES string of the molecule is C=CCN1CC(C(=O)O)CC1=O.C=CCN1C[C@@H](C(=O)N2C(=O)OC[C@@H]2Cc2ccccc2)CC1=O.CC(C)(C)C(=O)Cl.O=C1N[C@@H](Cc2ccccc2)CO1. The van der Waals surface area contributed by atoms with Gasteiger partial charge in [0.25, 0.3) is 0 Å². The number of carboxylic acid groups (broad SMARTS) is 1. The van der Waals surface area contributed by atoms with Gasteiger partial charge in [-0.25, -0.2) is 14.5 Å². The van der Waals surface area contributed by atoms with Gasteiger partial charge in [-0.3, -0.25) is 24.0 Å². The number of ether oxygens (including phenoxy) is 2. The normalized spacial score (nSPS) is 21.2. The number of rotatable bonds is 10. The summed E-state index contributed by atoms with van der Waals surface area (Å²) >= 11 is 5.11. The molecule has 4 saturated heterocycles. The number of carbonyl (C=O) groups excluding carboxylic acids is 6. The Kier molecular flexibility index (Phi) is 17.3. The minimum atomic E-state index is -0.894. The third-order valence-electron chi connectivity index (χ3n) is 8.99. The summed E-state index contributed by atoms with van der Waals surface area (Å²) in [5.74, 6) is -2.42. The molecule has 0 saturated carbocycles. The van der Waals surface area contributed by atoms with Gasteiger partial charge >= 0.3 is 18.2 Å². The fourth-order valence-electron chi connectivity index (χ4n) is 5.94. The van der Waals surface area contributed by atoms with Gasteiger partial charge in [-0.05, 0) is 35.6 Å². The molecule has 4 fully saturated rings. The summed E-state index contributed by atoms with van der Waals surface area (Å²) in [5, 5.41) is 11.1. The number of alkyl carbamates (subject to hydrolysis) is 1. The molecule has 0 aromatic heterocycles. The minimum Gasteiger partial charge on any atom is -0.481 e. The van der Waals surface area contributed by atoms with Gasteiger partial charge in [-0.1, -0.05) is 93.6 Å². The lowest BCUT2D eigenvalue weighted by Crippen LogP contribution is -2.44. The van der Waals surface area contributed by atoms with Crippen molar-refractivity contribution in [2.75, 3.05) is 39.4 Å². The number of likely N-dealkylation sites (tertiary alicyclic amines) is 2. The van der Waals surface area contributed by atoms with Gasteiger partial charge < -0.3 is 29.7 Å². The molecule has 15 heteroatoms. The van der Waals surface area contributed by atoms with E-state index in [1.165, 1.54) is 15.4 Å². The number of amides is 5. The van der Waals surface area contributed by atoms with Crippen molar-refractivity contribution in [2.45, 2.75) is 58.5 Å². The van der Waals surface area contributed by atoms with E-state index in [1.807, 2.05) is 60.7 Å². The summed E-state index contributed by atoms with van der Waals surface area (Å²) in [4.78, 5) is 83.6. The van der Waals surface area contributed by atoms with Crippen LogP contribution in [0.3, 0.4) is 0 Å². The van der Waals surface area contributed by atoms with Crippen LogP contribution in [-0.2, 0) is 46.3 Å². The van der Waals surface area contributed by atoms with E-state index in [2.05, 4.69) is 18.5 Å². The Balaban J connectivity index is 0.000000222. The van der Waals surface area contributed by atoms with Crippen molar-refractivity contribution in [3.8, 4) is 0 Å². The largest absolute Gasteiger partial charge is 0.481 e. The van der Waals surface area contributed by atoms with Crippen LogP contribution < -0.4 is 5.32 Å². The predicted molar refractivity (Wildman–Crippen MR) is 208 cm³/mol. The number of carboxylic acids is 1. The Morgan fingerprint density at radius 2 is 1.29 bits per heavy atom. The number of carbonyl (C=O) groups is 7. The Morgan fingerprint density at radius 3 is 1.71 bits per heavy atom. The van der Waals surface area contributed by atoms with Crippen molar-refractivity contribution in [1.29, 1.82) is 0 Å². The molecule has 2 aromatic carbocycles. The number of cyclic esters (lactones) is 2. The van der Waals surface area contributed by atoms with E-state index in [-0.39, 0.29) is 66.0 Å². The van der Waals surface area contributed by atoms with E-state index in [0.29, 0.717) is 39.2 Å². The van der Waals surface area contributed by atoms with E-state index < -0.39 is 23.9 Å². The second-order valence-corrected chi connectivity index (χ2v) is 14.9. The molecule has 1 unspecified atom stereocenters. The number of imide groups is 1. The lowest BCUT2D eigenvalue weighted by molar-refractivity contribution is -0.141. The first kappa shape index (κ1) is 44.9. The Hall–Kier alpha value is -5.50. The van der Waals surface area contributed by atoms with E-state index in [9.17, 15) is 33.6 Å². The van der Waals surface area contributed by atoms with Crippen LogP contribution in [0.25, 0.3) is 0 Å². The van der Waals surface area contributed by atoms with Gasteiger partial charge in [0, 0.05) is 44.4 Å². The van der Waals surface area contributed by atoms with Crippen LogP contribution in [0.5, 0.6) is 0 Å². The molecule has 302 valence electrons. The fourth-order valence-corrected chi connectivity index (χ4v) is 5.94. The summed E-state index contributed by atoms with van der Waals surface area (Å²) in [6.45, 7) is 14.6. The van der Waals surface area contributed by atoms with Gasteiger partial charge in [0.05, 0.1) is 23.9 Å². The van der Waals surface area contributed by atoms with Crippen LogP contribution in [0, 0.1) is 17.3 Å². The fraction of sp³-hybridized carbons (Fsp3) is 0.439. The Labute approximate surface area is 332 Å². The molecular weight excluding hydrogens is 744 g/mol. The van der Waals surface area contributed by atoms with Crippen molar-refractivity contribution in [3.05, 3.63) is 97.1 Å². The number of benzene rings is 2. The molecule has 0 radical (unpaired) electrons. The molecular formula is C41H51ClN4O10. The molecule has 5 amide bonds. The van der Waals surface area contributed by atoms with Gasteiger partial charge in [-0.15, -0.1) is 13.2 Å². The number of hydrogen-bond donors (Lipinski definition) is 2. The average molecular weight is 795 g/mol. The highest BCUT2D eigenvalue weighted by molar-refractivity contribution is 6.64. The summed E-state index contributed by atoms with van der Waals surface area (Å²) in [6, 6.07) is 19.5. The van der Waals surface area contributed by atoms with Gasteiger partial charge in [0.2, 0.25) is 23.0 Å². The highest BCUT2D eigenvalue weighted by Crippen LogP contribution is 2.25. The standard InChI is InChI=1S/C18H20N2O4.C10H11NO2.C8H11NO3.C5H9ClO/c1-2-8-19-11-14(10-16(19)21)17(22)20-15(12-24-18(20)23)9-13-6-4-3-5-7-13;12-10-11-9(7-13-10)6-8-4-2-1-3-5-8;1-2-3-9-5-6(8(11)12)4-7(9)10;1-5(2,3)4(6)7/h2-7,14-15H,1,8-12H2;1-5,9H,6-7H2,(H,11,12);2,6H,1,3-5H2,(H,11,12);1-3H3/t14-,15-;9-;;/m00../s1. The zero-order valence-electron chi connectivity index (χ0n) is 32.1. The average Bonchev–Trinajstić information content (AvgIpc) is 3.93. The number of hydrogen-bond acceptors (Lipinski definition) is 9. The molecule has 2 aromatic rings. The molecule has 14 nitrogen and oxygen atoms in total. The van der Waals surface area contributed by atoms with Crippen molar-refractivity contribution in [2.24, 2.45) is 17.3 Å². The van der Waals surface area contributed by atoms with E-state index >= 15 is 0 Å². The topological polar surface area (TPSA) is 180 Å². The highest BCUT2D eigenvalue weighted by atomic mass is 35.5. The van der Waals surface area contributed by atoms with Crippen LogP contribution in [0.4, 0.5) is 9.59 Å². The lowest BCUT2D eigenvalue weighted by atomic mass is 10.00. The van der Waals surface area contributed by atoms with Crippen molar-refractivity contribution >= 4 is 52.7 Å². The van der Waals surface area contributed by atoms with Crippen molar-refractivity contribution < 1.29 is 48.1 Å². The maximum Gasteiger partial charge on any atom is 0.416 e. The summed E-state index contributed by atoms with van der Waals surface area (Å²) < 4.78 is 9.87. The first-order valence-electron chi connectivity index (χ1n) is 18.2. The third kappa shape index (κ3) is 14.0. The van der Waals surface area contributed by atoms with Crippen LogP contribution in [-0.4, -0.2) is 112 Å². The lowest BCUT2D eigenvalue weighted by Gasteiger charge is -2.22. The molecule has 0 aliphatic carbocycles. The quantitative estimate of drug-likeness (QED) is 0.249. The van der Waals surface area contributed by atoms with E-state index in [4.69, 9.17) is 26.2 Å². The number of nitrogens with one attached hydrogen (secondary N) is 1. The summed E-state index contributed by atoms with van der Waals surface area (Å²) in [6.07, 6.45) is 3.96. The smallest absolute Gasteiger partial charge is 0.416 e. The molecule has 0 bridgehead atoms. The van der Waals surface area contributed by atoms with Crippen LogP contribution >= 0.6 is 11.6 Å². The molecule has 4 heterocycles.